The van der Waals surface area contributed by atoms with Crippen molar-refractivity contribution in [2.75, 3.05) is 132 Å². The van der Waals surface area contributed by atoms with Gasteiger partial charge in [0.1, 0.15) is 22.7 Å². The number of carbonyl (C=O) groups is 5. The van der Waals surface area contributed by atoms with E-state index in [9.17, 15) is 59.1 Å². The zero-order valence-corrected chi connectivity index (χ0v) is 70.2. The molecule has 4 saturated heterocycles. The highest BCUT2D eigenvalue weighted by Gasteiger charge is 2.49. The Balaban J connectivity index is 0.592. The third-order valence-corrected chi connectivity index (χ3v) is 27.6. The number of thiazole rings is 1. The topological polar surface area (TPSA) is 288 Å². The van der Waals surface area contributed by atoms with Crippen molar-refractivity contribution in [1.29, 1.82) is 0 Å². The molecule has 1 unspecified atom stereocenters. The van der Waals surface area contributed by atoms with Crippen LogP contribution in [0.25, 0.3) is 16.0 Å². The highest BCUT2D eigenvalue weighted by atomic mass is 35.5. The van der Waals surface area contributed by atoms with Gasteiger partial charge in [0.15, 0.2) is 0 Å². The van der Waals surface area contributed by atoms with Crippen molar-refractivity contribution in [3.63, 3.8) is 0 Å². The molecule has 0 radical (unpaired) electrons. The molecule has 0 spiro atoms. The van der Waals surface area contributed by atoms with Gasteiger partial charge in [-0.1, -0.05) is 99.5 Å². The monoisotopic (exact) mass is 1690 g/mol. The summed E-state index contributed by atoms with van der Waals surface area (Å²) in [6.07, 6.45) is 4.37. The lowest BCUT2D eigenvalue weighted by molar-refractivity contribution is -0.144. The van der Waals surface area contributed by atoms with Gasteiger partial charge in [0, 0.05) is 144 Å². The van der Waals surface area contributed by atoms with Crippen LogP contribution in [0.2, 0.25) is 5.02 Å². The van der Waals surface area contributed by atoms with Crippen LogP contribution < -0.4 is 35.8 Å². The Labute approximate surface area is 690 Å². The first kappa shape index (κ1) is 86.8. The number of anilines is 3. The molecule has 6 atom stereocenters. The number of rotatable bonds is 30. The molecular weight excluding hydrogens is 1590 g/mol. The van der Waals surface area contributed by atoms with E-state index in [0.29, 0.717) is 69.2 Å². The number of likely N-dealkylation sites (tertiary alicyclic amines) is 1. The van der Waals surface area contributed by atoms with Gasteiger partial charge in [0.2, 0.25) is 17.7 Å². The van der Waals surface area contributed by atoms with E-state index in [2.05, 4.69) is 74.8 Å². The predicted octanol–water partition coefficient (Wildman–Crippen LogP) is 11.3. The van der Waals surface area contributed by atoms with Crippen LogP contribution in [0.4, 0.5) is 30.2 Å². The minimum atomic E-state index is -6.11. The SMILES string of the molecule is Cc1ncsc1-c1ccc([C@H](C)NC(=O)[C@@H]2C[C@@H](O)CN2C(=O)[C@@H](NC(=O)CCCNC(=O)c2ccc(N3CCN(CC4(C)CCC(c5ccc(Cl)cc5)=C(CN5CCN(c6ccc(C(=O)NS(=O)(=O)c7ccc(N[C@H](CCN8CCOCC8)CSc8ccccc8)c(S(=O)(=O)C(F)(F)F)c7)cc6)CC5)C4)CC3)cn2)C(C)(C)C)cc1. The molecule has 0 bridgehead atoms. The standard InChI is InChI=1S/C84H103ClF3N13O11S4/c1-56(58-14-16-60(17-15-58)76-57(2)91-55-114-76)92-80(106)73-47-67(102)52-101(73)81(107)77(82(3,4)5)94-75(103)13-10-33-89-79(105)72-28-26-66(50-90-72)100-41-37-98(38-42-100)54-83(6)32-30-70(59-18-22-63(85)23-19-59)62(49-83)51-97-35-39-99(40-36-97)65-24-20-61(21-25-65)78(104)95-116(110,111)69-27-29-71(74(48-69)115(108,109)84(86,87)88)93-64(31-34-96-43-45-112-46-44-96)53-113-68-11-8-7-9-12-68/h7-9,11-12,14-29,48,50,55-56,64,67,73,77,93,102H,10,13,30-47,49,51-54H2,1-6H3,(H,89,105)(H,92,106)(H,94,103)(H,95,104)/t56-,64+,67+,73-,77+,83?/m0/s1. The number of hydrogen-bond donors (Lipinski definition) is 6. The second-order valence-electron chi connectivity index (χ2n) is 32.0. The number of nitrogens with one attached hydrogen (secondary N) is 5. The molecule has 116 heavy (non-hydrogen) atoms. The average Bonchev–Trinajstić information content (AvgIpc) is 0.968. The normalized spacial score (nSPS) is 19.8. The molecule has 5 aromatic carbocycles. The number of morpholine rings is 1. The molecule has 622 valence electrons. The first-order valence-corrected chi connectivity index (χ1v) is 44.6. The van der Waals surface area contributed by atoms with Gasteiger partial charge in [-0.3, -0.25) is 38.7 Å². The van der Waals surface area contributed by atoms with Crippen molar-refractivity contribution in [2.45, 2.75) is 137 Å². The number of thioether (sulfide) groups is 1. The summed E-state index contributed by atoms with van der Waals surface area (Å²) in [5.41, 5.74) is 3.44. The lowest BCUT2D eigenvalue weighted by Gasteiger charge is -2.44. The van der Waals surface area contributed by atoms with Crippen LogP contribution in [0.3, 0.4) is 0 Å². The number of aliphatic hydroxyl groups is 1. The van der Waals surface area contributed by atoms with Crippen molar-refractivity contribution in [1.82, 2.24) is 50.2 Å². The fraction of sp³-hybridized carbons (Fsp3) is 0.464. The Bertz CT molecular complexity index is 4850. The minimum absolute atomic E-state index is 0.0175. The Morgan fingerprint density at radius 3 is 2.08 bits per heavy atom. The number of carbonyl (C=O) groups excluding carboxylic acids is 5. The molecule has 24 nitrogen and oxygen atoms in total. The summed E-state index contributed by atoms with van der Waals surface area (Å²) in [4.78, 5) is 90.4. The molecule has 12 rings (SSSR count). The molecule has 4 fully saturated rings. The second-order valence-corrected chi connectivity index (χ2v) is 38.0. The number of hydrogen-bond acceptors (Lipinski definition) is 21. The highest BCUT2D eigenvalue weighted by molar-refractivity contribution is 7.99. The molecule has 0 saturated carbocycles. The molecule has 5 amide bonds. The molecule has 4 aliphatic heterocycles. The Hall–Kier alpha value is -8.50. The van der Waals surface area contributed by atoms with E-state index in [-0.39, 0.29) is 61.0 Å². The van der Waals surface area contributed by atoms with Crippen molar-refractivity contribution < 1.29 is 63.8 Å². The number of alkyl halides is 3. The molecule has 7 aromatic rings. The van der Waals surface area contributed by atoms with Crippen LogP contribution in [-0.4, -0.2) is 228 Å². The first-order valence-electron chi connectivity index (χ1n) is 39.4. The lowest BCUT2D eigenvalue weighted by atomic mass is 9.71. The molecule has 2 aromatic heterocycles. The van der Waals surface area contributed by atoms with Gasteiger partial charge >= 0.3 is 5.51 Å². The summed E-state index contributed by atoms with van der Waals surface area (Å²) in [6, 6.07) is 34.8. The zero-order chi connectivity index (χ0) is 82.7. The molecular formula is C84H103ClF3N13O11S4. The second kappa shape index (κ2) is 38.1. The lowest BCUT2D eigenvalue weighted by Crippen LogP contribution is -2.57. The van der Waals surface area contributed by atoms with Crippen LogP contribution in [-0.2, 0) is 39.0 Å². The molecule has 32 heteroatoms. The molecule has 5 aliphatic rings. The number of amides is 5. The Morgan fingerprint density at radius 2 is 1.43 bits per heavy atom. The van der Waals surface area contributed by atoms with Crippen molar-refractivity contribution in [3.05, 3.63) is 184 Å². The quantitative estimate of drug-likeness (QED) is 0.0180. The first-order chi connectivity index (χ1) is 55.3. The number of piperazine rings is 2. The Kier molecular flexibility index (Phi) is 28.5. The fourth-order valence-electron chi connectivity index (χ4n) is 15.7. The smallest absolute Gasteiger partial charge is 0.391 e. The maximum absolute atomic E-state index is 14.4. The van der Waals surface area contributed by atoms with Gasteiger partial charge < -0.3 is 45.8 Å². The van der Waals surface area contributed by atoms with E-state index in [1.807, 2.05) is 112 Å². The number of halogens is 4. The number of aromatic nitrogens is 2. The predicted molar refractivity (Wildman–Crippen MR) is 447 cm³/mol. The maximum Gasteiger partial charge on any atom is 0.501 e. The van der Waals surface area contributed by atoms with Crippen LogP contribution in [0, 0.1) is 17.8 Å². The summed E-state index contributed by atoms with van der Waals surface area (Å²) in [7, 11) is -11.0. The number of allylic oxidation sites excluding steroid dienone is 1. The van der Waals surface area contributed by atoms with Gasteiger partial charge in [-0.25, -0.2) is 31.5 Å². The van der Waals surface area contributed by atoms with Crippen LogP contribution in [0.15, 0.2) is 165 Å². The molecule has 1 aliphatic carbocycles. The van der Waals surface area contributed by atoms with E-state index >= 15 is 0 Å². The van der Waals surface area contributed by atoms with E-state index in [1.54, 1.807) is 41.2 Å². The minimum Gasteiger partial charge on any atom is -0.391 e. The average molecular weight is 1690 g/mol. The Morgan fingerprint density at radius 1 is 0.767 bits per heavy atom. The van der Waals surface area contributed by atoms with E-state index in [4.69, 9.17) is 16.3 Å². The number of nitrogens with zero attached hydrogens (tertiary/aromatic N) is 8. The number of aryl methyl sites for hydroxylation is 1. The summed E-state index contributed by atoms with van der Waals surface area (Å²) in [5, 5.41) is 23.3. The number of benzene rings is 5. The van der Waals surface area contributed by atoms with Gasteiger partial charge in [-0.15, -0.1) is 23.1 Å². The van der Waals surface area contributed by atoms with Crippen LogP contribution in [0.5, 0.6) is 0 Å². The number of sulfone groups is 1. The zero-order valence-electron chi connectivity index (χ0n) is 66.2. The number of aliphatic hydroxyl groups excluding tert-OH is 1. The van der Waals surface area contributed by atoms with Crippen molar-refractivity contribution >= 4 is 107 Å². The number of ether oxygens (including phenoxy) is 1. The maximum atomic E-state index is 14.4. The van der Waals surface area contributed by atoms with E-state index in [0.717, 1.165) is 127 Å². The fourth-order valence-corrected chi connectivity index (χ4v) is 19.7. The number of pyridine rings is 1. The van der Waals surface area contributed by atoms with Crippen LogP contribution in [0.1, 0.15) is 123 Å². The largest absolute Gasteiger partial charge is 0.501 e. The van der Waals surface area contributed by atoms with Gasteiger partial charge in [0.25, 0.3) is 31.7 Å². The van der Waals surface area contributed by atoms with E-state index < -0.39 is 94.1 Å². The van der Waals surface area contributed by atoms with E-state index in [1.165, 1.54) is 39.9 Å². The summed E-state index contributed by atoms with van der Waals surface area (Å²) < 4.78 is 105. The molecule has 6 heterocycles. The summed E-state index contributed by atoms with van der Waals surface area (Å²) in [5.74, 6) is -2.35. The van der Waals surface area contributed by atoms with Crippen molar-refractivity contribution in [3.8, 4) is 10.4 Å². The summed E-state index contributed by atoms with van der Waals surface area (Å²) in [6.45, 7) is 22.4. The third kappa shape index (κ3) is 22.3. The molecule has 6 N–H and O–H groups in total. The highest BCUT2D eigenvalue weighted by Crippen LogP contribution is 2.45. The van der Waals surface area contributed by atoms with Crippen molar-refractivity contribution in [2.24, 2.45) is 10.8 Å². The number of β-amino-alcohol motifs (C(OH)–C–C–N with tert-alkyl or cyclic N) is 1. The third-order valence-electron chi connectivity index (χ3n) is 22.3. The van der Waals surface area contributed by atoms with Gasteiger partial charge in [-0.05, 0) is 158 Å². The van der Waals surface area contributed by atoms with Crippen LogP contribution >= 0.6 is 34.7 Å². The number of sulfonamides is 1. The summed E-state index contributed by atoms with van der Waals surface area (Å²) >= 11 is 9.41. The van der Waals surface area contributed by atoms with Gasteiger partial charge in [-0.2, -0.15) is 13.2 Å². The van der Waals surface area contributed by atoms with Gasteiger partial charge in [0.05, 0.1) is 63.9 Å².